The number of nitrogens with zero attached hydrogens (tertiary/aromatic N) is 5. The molecule has 0 amide bonds. The predicted octanol–water partition coefficient (Wildman–Crippen LogP) is 5.21. The number of aliphatic hydroxyl groups is 1. The lowest BCUT2D eigenvalue weighted by atomic mass is 9.84. The summed E-state index contributed by atoms with van der Waals surface area (Å²) in [5.41, 5.74) is 8.89. The van der Waals surface area contributed by atoms with Crippen molar-refractivity contribution in [3.05, 3.63) is 82.2 Å². The Labute approximate surface area is 235 Å². The second kappa shape index (κ2) is 10.6. The summed E-state index contributed by atoms with van der Waals surface area (Å²) in [5, 5.41) is 19.5. The fraction of sp³-hybridized carbons (Fsp3) is 0.469. The van der Waals surface area contributed by atoms with Crippen LogP contribution in [0.1, 0.15) is 79.0 Å². The lowest BCUT2D eigenvalue weighted by Crippen LogP contribution is -2.41. The van der Waals surface area contributed by atoms with Gasteiger partial charge in [0, 0.05) is 63.1 Å². The number of rotatable bonds is 7. The van der Waals surface area contributed by atoms with Crippen LogP contribution >= 0.6 is 0 Å². The van der Waals surface area contributed by atoms with E-state index in [2.05, 4.69) is 71.3 Å². The third kappa shape index (κ3) is 5.00. The fourth-order valence-corrected chi connectivity index (χ4v) is 6.67. The SMILES string of the molecule is CCOC(O)CC(c1ccc2c(c1)C(N1Cc3cnccc3OC(C)(C)C1)CC2)c1ccc2c(nnn2C)c1C. The van der Waals surface area contributed by atoms with Crippen LogP contribution < -0.4 is 4.74 Å². The molecule has 3 heterocycles. The molecular weight excluding hydrogens is 502 g/mol. The van der Waals surface area contributed by atoms with Crippen LogP contribution in [0.4, 0.5) is 0 Å². The predicted molar refractivity (Wildman–Crippen MR) is 154 cm³/mol. The molecule has 0 saturated carbocycles. The second-order valence-corrected chi connectivity index (χ2v) is 11.8. The normalized spacial score (nSPS) is 20.0. The van der Waals surface area contributed by atoms with Crippen LogP contribution in [0, 0.1) is 6.92 Å². The molecule has 2 aliphatic rings. The van der Waals surface area contributed by atoms with E-state index in [0.29, 0.717) is 13.0 Å². The molecule has 1 aliphatic heterocycles. The highest BCUT2D eigenvalue weighted by molar-refractivity contribution is 5.79. The van der Waals surface area contributed by atoms with E-state index in [1.807, 2.05) is 26.2 Å². The minimum atomic E-state index is -0.858. The minimum absolute atomic E-state index is 0.0478. The summed E-state index contributed by atoms with van der Waals surface area (Å²) in [6.07, 6.45) is 5.47. The van der Waals surface area contributed by atoms with Gasteiger partial charge < -0.3 is 14.6 Å². The van der Waals surface area contributed by atoms with Gasteiger partial charge in [0.2, 0.25) is 0 Å². The molecule has 8 heteroatoms. The maximum Gasteiger partial charge on any atom is 0.155 e. The number of pyridine rings is 1. The molecule has 210 valence electrons. The van der Waals surface area contributed by atoms with E-state index in [1.54, 1.807) is 10.9 Å². The number of aliphatic hydroxyl groups excluding tert-OH is 1. The quantitative estimate of drug-likeness (QED) is 0.322. The highest BCUT2D eigenvalue weighted by atomic mass is 16.6. The van der Waals surface area contributed by atoms with Crippen molar-refractivity contribution in [2.75, 3.05) is 13.2 Å². The van der Waals surface area contributed by atoms with Crippen LogP contribution in [0.25, 0.3) is 11.0 Å². The summed E-state index contributed by atoms with van der Waals surface area (Å²) in [4.78, 5) is 6.94. The lowest BCUT2D eigenvalue weighted by molar-refractivity contribution is -0.100. The summed E-state index contributed by atoms with van der Waals surface area (Å²) in [6.45, 7) is 10.4. The van der Waals surface area contributed by atoms with Gasteiger partial charge in [-0.2, -0.15) is 0 Å². The number of ether oxygens (including phenoxy) is 2. The maximum atomic E-state index is 10.8. The summed E-state index contributed by atoms with van der Waals surface area (Å²) in [6, 6.07) is 13.4. The van der Waals surface area contributed by atoms with Gasteiger partial charge in [0.25, 0.3) is 0 Å². The van der Waals surface area contributed by atoms with Crippen LogP contribution in [0.5, 0.6) is 5.75 Å². The topological polar surface area (TPSA) is 85.5 Å². The molecule has 0 fully saturated rings. The highest BCUT2D eigenvalue weighted by Gasteiger charge is 2.36. The smallest absolute Gasteiger partial charge is 0.155 e. The van der Waals surface area contributed by atoms with E-state index in [1.165, 1.54) is 16.7 Å². The van der Waals surface area contributed by atoms with Gasteiger partial charge in [0.15, 0.2) is 6.29 Å². The van der Waals surface area contributed by atoms with Gasteiger partial charge in [-0.05, 0) is 80.5 Å². The van der Waals surface area contributed by atoms with Gasteiger partial charge in [0.1, 0.15) is 16.9 Å². The van der Waals surface area contributed by atoms with Gasteiger partial charge in [-0.1, -0.05) is 29.5 Å². The van der Waals surface area contributed by atoms with Crippen molar-refractivity contribution in [2.45, 2.75) is 77.4 Å². The first-order valence-corrected chi connectivity index (χ1v) is 14.3. The number of hydrogen-bond donors (Lipinski definition) is 1. The summed E-state index contributed by atoms with van der Waals surface area (Å²) in [5.74, 6) is 0.877. The Hall–Kier alpha value is -3.33. The first kappa shape index (κ1) is 26.9. The molecule has 0 saturated heterocycles. The van der Waals surface area contributed by atoms with E-state index >= 15 is 0 Å². The van der Waals surface area contributed by atoms with E-state index in [-0.39, 0.29) is 17.6 Å². The van der Waals surface area contributed by atoms with E-state index in [0.717, 1.165) is 59.4 Å². The Bertz CT molecular complexity index is 1530. The van der Waals surface area contributed by atoms with Crippen LogP contribution in [-0.2, 0) is 24.8 Å². The standard InChI is InChI=1S/C32H39N5O3/c1-6-39-30(38)16-25(24-10-12-28-31(20(24)2)34-35-36(28)5)22-8-7-21-9-11-27(26(21)15-22)37-18-23-17-33-14-13-29(23)40-32(3,4)19-37/h7-8,10,12-15,17,25,27,30,38H,6,9,11,16,18-19H2,1-5H3. The Balaban J connectivity index is 1.39. The van der Waals surface area contributed by atoms with E-state index < -0.39 is 6.29 Å². The second-order valence-electron chi connectivity index (χ2n) is 11.8. The molecule has 0 spiro atoms. The Morgan fingerprint density at radius 1 is 1.18 bits per heavy atom. The van der Waals surface area contributed by atoms with Crippen LogP contribution in [-0.4, -0.2) is 55.0 Å². The van der Waals surface area contributed by atoms with Gasteiger partial charge >= 0.3 is 0 Å². The zero-order valence-electron chi connectivity index (χ0n) is 24.1. The van der Waals surface area contributed by atoms with Crippen molar-refractivity contribution in [3.63, 3.8) is 0 Å². The van der Waals surface area contributed by atoms with Gasteiger partial charge in [-0.3, -0.25) is 9.88 Å². The van der Waals surface area contributed by atoms with E-state index in [4.69, 9.17) is 9.47 Å². The lowest BCUT2D eigenvalue weighted by Gasteiger charge is -2.34. The molecule has 2 aromatic heterocycles. The monoisotopic (exact) mass is 541 g/mol. The highest BCUT2D eigenvalue weighted by Crippen LogP contribution is 2.43. The van der Waals surface area contributed by atoms with Crippen molar-refractivity contribution < 1.29 is 14.6 Å². The zero-order chi connectivity index (χ0) is 28.0. The first-order valence-electron chi connectivity index (χ1n) is 14.3. The summed E-state index contributed by atoms with van der Waals surface area (Å²) < 4.78 is 13.8. The maximum absolute atomic E-state index is 10.8. The van der Waals surface area contributed by atoms with Crippen LogP contribution in [0.3, 0.4) is 0 Å². The van der Waals surface area contributed by atoms with Crippen molar-refractivity contribution >= 4 is 11.0 Å². The summed E-state index contributed by atoms with van der Waals surface area (Å²) in [7, 11) is 1.91. The van der Waals surface area contributed by atoms with Gasteiger partial charge in [-0.25, -0.2) is 4.68 Å². The number of hydrogen-bond acceptors (Lipinski definition) is 7. The van der Waals surface area contributed by atoms with Crippen molar-refractivity contribution in [1.29, 1.82) is 0 Å². The minimum Gasteiger partial charge on any atom is -0.486 e. The molecule has 4 aromatic rings. The molecule has 3 unspecified atom stereocenters. The van der Waals surface area contributed by atoms with Gasteiger partial charge in [0.05, 0.1) is 5.52 Å². The molecule has 0 radical (unpaired) electrons. The number of benzene rings is 2. The van der Waals surface area contributed by atoms with E-state index in [9.17, 15) is 5.11 Å². The number of fused-ring (bicyclic) bond motifs is 3. The molecule has 3 atom stereocenters. The zero-order valence-corrected chi connectivity index (χ0v) is 24.1. The Kier molecular flexibility index (Phi) is 7.10. The molecule has 40 heavy (non-hydrogen) atoms. The first-order chi connectivity index (χ1) is 19.2. The molecular formula is C32H39N5O3. The van der Waals surface area contributed by atoms with Crippen molar-refractivity contribution in [2.24, 2.45) is 7.05 Å². The number of aryl methyl sites for hydroxylation is 3. The molecule has 8 nitrogen and oxygen atoms in total. The third-order valence-corrected chi connectivity index (χ3v) is 8.51. The molecule has 6 rings (SSSR count). The third-order valence-electron chi connectivity index (χ3n) is 8.51. The van der Waals surface area contributed by atoms with Crippen LogP contribution in [0.2, 0.25) is 0 Å². The average Bonchev–Trinajstić information content (AvgIpc) is 3.48. The molecule has 1 N–H and O–H groups in total. The Morgan fingerprint density at radius 3 is 2.85 bits per heavy atom. The molecule has 2 aromatic carbocycles. The average molecular weight is 542 g/mol. The summed E-state index contributed by atoms with van der Waals surface area (Å²) >= 11 is 0. The Morgan fingerprint density at radius 2 is 2.02 bits per heavy atom. The number of aromatic nitrogens is 4. The van der Waals surface area contributed by atoms with Crippen molar-refractivity contribution in [1.82, 2.24) is 24.9 Å². The molecule has 1 aliphatic carbocycles. The van der Waals surface area contributed by atoms with Crippen LogP contribution in [0.15, 0.2) is 48.8 Å². The van der Waals surface area contributed by atoms with Crippen molar-refractivity contribution in [3.8, 4) is 5.75 Å². The van der Waals surface area contributed by atoms with Gasteiger partial charge in [-0.15, -0.1) is 5.10 Å². The fourth-order valence-electron chi connectivity index (χ4n) is 6.67. The largest absolute Gasteiger partial charge is 0.486 e. The molecule has 0 bridgehead atoms.